The fourth-order valence-electron chi connectivity index (χ4n) is 1.93. The highest BCUT2D eigenvalue weighted by atomic mass is 16.6. The molecule has 1 aromatic rings. The summed E-state index contributed by atoms with van der Waals surface area (Å²) in [7, 11) is 0. The monoisotopic (exact) mass is 287 g/mol. The van der Waals surface area contributed by atoms with Crippen LogP contribution in [0.2, 0.25) is 0 Å². The van der Waals surface area contributed by atoms with Gasteiger partial charge in [-0.1, -0.05) is 30.3 Å². The molecular formula is C16H17NO4. The second-order valence-electron chi connectivity index (χ2n) is 5.77. The zero-order valence-electron chi connectivity index (χ0n) is 12.3. The van der Waals surface area contributed by atoms with Crippen molar-refractivity contribution in [2.75, 3.05) is 0 Å². The topological polar surface area (TPSA) is 63.7 Å². The summed E-state index contributed by atoms with van der Waals surface area (Å²) < 4.78 is 5.08. The molecule has 0 atom stereocenters. The molecule has 1 fully saturated rings. The van der Waals surface area contributed by atoms with Gasteiger partial charge in [-0.15, -0.1) is 0 Å². The van der Waals surface area contributed by atoms with E-state index in [0.717, 1.165) is 5.56 Å². The van der Waals surface area contributed by atoms with Gasteiger partial charge in [0.15, 0.2) is 0 Å². The average molecular weight is 287 g/mol. The molecule has 0 radical (unpaired) electrons. The summed E-state index contributed by atoms with van der Waals surface area (Å²) >= 11 is 0. The number of carbonyl (C=O) groups is 3. The van der Waals surface area contributed by atoms with Crippen molar-refractivity contribution < 1.29 is 19.1 Å². The van der Waals surface area contributed by atoms with Gasteiger partial charge in [-0.25, -0.2) is 4.79 Å². The zero-order valence-corrected chi connectivity index (χ0v) is 12.3. The summed E-state index contributed by atoms with van der Waals surface area (Å²) in [5.74, 6) is -1.17. The lowest BCUT2D eigenvalue weighted by atomic mass is 10.1. The standard InChI is InChI=1S/C16H17NO4/c1-16(2,3)21-15(20)17-13(18)10-12(14(17)19)9-11-7-5-4-6-8-11/h4-9H,10H2,1-3H3/b12-9-. The number of hydrogen-bond donors (Lipinski definition) is 0. The minimum absolute atomic E-state index is 0.0903. The quantitative estimate of drug-likeness (QED) is 0.588. The van der Waals surface area contributed by atoms with Gasteiger partial charge in [-0.05, 0) is 32.4 Å². The molecule has 0 unspecified atom stereocenters. The molecule has 2 rings (SSSR count). The van der Waals surface area contributed by atoms with Gasteiger partial charge in [0.05, 0.1) is 6.42 Å². The van der Waals surface area contributed by atoms with Crippen molar-refractivity contribution in [1.29, 1.82) is 0 Å². The Hall–Kier alpha value is -2.43. The Bertz CT molecular complexity index is 611. The van der Waals surface area contributed by atoms with Crippen molar-refractivity contribution in [2.45, 2.75) is 32.8 Å². The first kappa shape index (κ1) is 15.0. The van der Waals surface area contributed by atoms with Crippen molar-refractivity contribution in [1.82, 2.24) is 4.90 Å². The molecule has 1 aromatic carbocycles. The molecular weight excluding hydrogens is 270 g/mol. The van der Waals surface area contributed by atoms with Crippen molar-refractivity contribution in [2.24, 2.45) is 0 Å². The normalized spacial score (nSPS) is 17.5. The summed E-state index contributed by atoms with van der Waals surface area (Å²) in [6, 6.07) is 9.16. The lowest BCUT2D eigenvalue weighted by molar-refractivity contribution is -0.136. The Morgan fingerprint density at radius 1 is 1.19 bits per heavy atom. The second kappa shape index (κ2) is 5.52. The van der Waals surface area contributed by atoms with E-state index >= 15 is 0 Å². The molecule has 0 spiro atoms. The van der Waals surface area contributed by atoms with Crippen LogP contribution in [-0.2, 0) is 14.3 Å². The van der Waals surface area contributed by atoms with Crippen LogP contribution in [0.1, 0.15) is 32.8 Å². The molecule has 5 nitrogen and oxygen atoms in total. The lowest BCUT2D eigenvalue weighted by Gasteiger charge is -2.22. The van der Waals surface area contributed by atoms with Gasteiger partial charge in [-0.3, -0.25) is 9.59 Å². The lowest BCUT2D eigenvalue weighted by Crippen LogP contribution is -2.40. The molecule has 21 heavy (non-hydrogen) atoms. The van der Waals surface area contributed by atoms with Crippen LogP contribution < -0.4 is 0 Å². The Morgan fingerprint density at radius 3 is 2.38 bits per heavy atom. The van der Waals surface area contributed by atoms with E-state index < -0.39 is 23.5 Å². The van der Waals surface area contributed by atoms with E-state index in [1.165, 1.54) is 0 Å². The van der Waals surface area contributed by atoms with E-state index in [2.05, 4.69) is 0 Å². The van der Waals surface area contributed by atoms with E-state index in [9.17, 15) is 14.4 Å². The fourth-order valence-corrected chi connectivity index (χ4v) is 1.93. The largest absolute Gasteiger partial charge is 0.443 e. The highest BCUT2D eigenvalue weighted by Crippen LogP contribution is 2.23. The van der Waals surface area contributed by atoms with Gasteiger partial charge in [-0.2, -0.15) is 4.90 Å². The first-order valence-corrected chi connectivity index (χ1v) is 6.64. The van der Waals surface area contributed by atoms with Crippen LogP contribution in [-0.4, -0.2) is 28.4 Å². The van der Waals surface area contributed by atoms with Crippen molar-refractivity contribution in [3.8, 4) is 0 Å². The number of rotatable bonds is 1. The third-order valence-electron chi connectivity index (χ3n) is 2.79. The third-order valence-corrected chi connectivity index (χ3v) is 2.79. The van der Waals surface area contributed by atoms with Crippen molar-refractivity contribution >= 4 is 24.0 Å². The number of hydrogen-bond acceptors (Lipinski definition) is 4. The van der Waals surface area contributed by atoms with Crippen molar-refractivity contribution in [3.63, 3.8) is 0 Å². The third kappa shape index (κ3) is 3.56. The number of benzene rings is 1. The van der Waals surface area contributed by atoms with Crippen molar-refractivity contribution in [3.05, 3.63) is 41.5 Å². The van der Waals surface area contributed by atoms with Crippen LogP contribution in [0.4, 0.5) is 4.79 Å². The van der Waals surface area contributed by atoms with Crippen LogP contribution in [0.15, 0.2) is 35.9 Å². The molecule has 0 bridgehead atoms. The van der Waals surface area contributed by atoms with Crippen LogP contribution >= 0.6 is 0 Å². The van der Waals surface area contributed by atoms with E-state index in [0.29, 0.717) is 4.90 Å². The Labute approximate surface area is 123 Å². The number of amides is 3. The summed E-state index contributed by atoms with van der Waals surface area (Å²) in [4.78, 5) is 36.5. The number of ether oxygens (including phenoxy) is 1. The molecule has 3 amide bonds. The molecule has 0 aromatic heterocycles. The molecule has 0 aliphatic carbocycles. The van der Waals surface area contributed by atoms with Crippen LogP contribution in [0.5, 0.6) is 0 Å². The van der Waals surface area contributed by atoms with E-state index in [4.69, 9.17) is 4.74 Å². The number of nitrogens with zero attached hydrogens (tertiary/aromatic N) is 1. The van der Waals surface area contributed by atoms with E-state index in [1.54, 1.807) is 26.8 Å². The first-order valence-electron chi connectivity index (χ1n) is 6.64. The summed E-state index contributed by atoms with van der Waals surface area (Å²) in [5.41, 5.74) is 0.334. The maximum absolute atomic E-state index is 12.2. The van der Waals surface area contributed by atoms with Gasteiger partial charge >= 0.3 is 6.09 Å². The molecule has 1 aliphatic heterocycles. The average Bonchev–Trinajstić information content (AvgIpc) is 2.63. The summed E-state index contributed by atoms with van der Waals surface area (Å²) in [5, 5.41) is 0. The minimum Gasteiger partial charge on any atom is -0.443 e. The molecule has 0 saturated carbocycles. The molecule has 1 aliphatic rings. The predicted molar refractivity (Wildman–Crippen MR) is 77.1 cm³/mol. The highest BCUT2D eigenvalue weighted by Gasteiger charge is 2.40. The molecule has 110 valence electrons. The van der Waals surface area contributed by atoms with E-state index in [1.807, 2.05) is 30.3 Å². The SMILES string of the molecule is CC(C)(C)OC(=O)N1C(=O)C/C(=C/c2ccccc2)C1=O. The number of likely N-dealkylation sites (tertiary alicyclic amines) is 1. The Morgan fingerprint density at radius 2 is 1.81 bits per heavy atom. The molecule has 1 saturated heterocycles. The number of carbonyl (C=O) groups excluding carboxylic acids is 3. The maximum Gasteiger partial charge on any atom is 0.424 e. The summed E-state index contributed by atoms with van der Waals surface area (Å²) in [6.45, 7) is 5.03. The highest BCUT2D eigenvalue weighted by molar-refractivity contribution is 6.23. The molecule has 5 heteroatoms. The van der Waals surface area contributed by atoms with Gasteiger partial charge in [0.25, 0.3) is 5.91 Å². The van der Waals surface area contributed by atoms with Crippen LogP contribution in [0.3, 0.4) is 0 Å². The minimum atomic E-state index is -0.922. The zero-order chi connectivity index (χ0) is 15.6. The van der Waals surface area contributed by atoms with Crippen LogP contribution in [0, 0.1) is 0 Å². The van der Waals surface area contributed by atoms with Gasteiger partial charge in [0.2, 0.25) is 5.91 Å². The van der Waals surface area contributed by atoms with Gasteiger partial charge < -0.3 is 4.74 Å². The Kier molecular flexibility index (Phi) is 3.93. The fraction of sp³-hybridized carbons (Fsp3) is 0.312. The first-order chi connectivity index (χ1) is 9.78. The predicted octanol–water partition coefficient (Wildman–Crippen LogP) is 2.76. The van der Waals surface area contributed by atoms with Gasteiger partial charge in [0.1, 0.15) is 5.60 Å². The van der Waals surface area contributed by atoms with Crippen LogP contribution in [0.25, 0.3) is 6.08 Å². The Balaban J connectivity index is 2.21. The maximum atomic E-state index is 12.2. The number of imide groups is 3. The molecule has 0 N–H and O–H groups in total. The van der Waals surface area contributed by atoms with Gasteiger partial charge in [0, 0.05) is 5.57 Å². The summed E-state index contributed by atoms with van der Waals surface area (Å²) in [6.07, 6.45) is 0.603. The second-order valence-corrected chi connectivity index (χ2v) is 5.77. The van der Waals surface area contributed by atoms with E-state index in [-0.39, 0.29) is 12.0 Å². The molecule has 1 heterocycles. The smallest absolute Gasteiger partial charge is 0.424 e.